The van der Waals surface area contributed by atoms with Crippen molar-refractivity contribution in [3.05, 3.63) is 199 Å². The number of rotatable bonds is 6. The molecule has 0 saturated carbocycles. The maximum atomic E-state index is 9.65. The first-order valence-corrected chi connectivity index (χ1v) is 19.2. The van der Waals surface area contributed by atoms with Gasteiger partial charge < -0.3 is 0 Å². The Morgan fingerprint density at radius 3 is 1.53 bits per heavy atom. The standard InChI is InChI=1S/C53H36N4/c1-53(2)46-19-11-18-43(49(46)45-30-20-34(33-54)32-47(45)53)36-21-23-37(24-22-36)44-31-29-35-12-9-10-17-42(35)48(44)38-25-27-41(28-26-38)52-56-50(39-13-5-3-6-14-39)55-51(57-52)40-15-7-4-8-16-40/h3-32H,1-2H3. The molecule has 0 saturated heterocycles. The fourth-order valence-corrected chi connectivity index (χ4v) is 8.47. The molecule has 0 radical (unpaired) electrons. The monoisotopic (exact) mass is 728 g/mol. The number of benzene rings is 8. The Bertz CT molecular complexity index is 2960. The van der Waals surface area contributed by atoms with E-state index < -0.39 is 0 Å². The first-order chi connectivity index (χ1) is 28.0. The molecule has 8 aromatic carbocycles. The topological polar surface area (TPSA) is 62.5 Å². The lowest BCUT2D eigenvalue weighted by Crippen LogP contribution is -2.15. The van der Waals surface area contributed by atoms with E-state index in [-0.39, 0.29) is 5.41 Å². The van der Waals surface area contributed by atoms with E-state index >= 15 is 0 Å². The van der Waals surface area contributed by atoms with E-state index in [4.69, 9.17) is 15.0 Å². The van der Waals surface area contributed by atoms with Crippen LogP contribution < -0.4 is 0 Å². The average molecular weight is 729 g/mol. The second kappa shape index (κ2) is 13.7. The average Bonchev–Trinajstić information content (AvgIpc) is 3.51. The Morgan fingerprint density at radius 2 is 0.912 bits per heavy atom. The molecular weight excluding hydrogens is 693 g/mol. The van der Waals surface area contributed by atoms with E-state index in [0.29, 0.717) is 23.0 Å². The number of fused-ring (bicyclic) bond motifs is 4. The minimum Gasteiger partial charge on any atom is -0.208 e. The summed E-state index contributed by atoms with van der Waals surface area (Å²) in [7, 11) is 0. The molecule has 57 heavy (non-hydrogen) atoms. The van der Waals surface area contributed by atoms with Crippen LogP contribution in [0.4, 0.5) is 0 Å². The van der Waals surface area contributed by atoms with Crippen molar-refractivity contribution in [2.24, 2.45) is 0 Å². The third kappa shape index (κ3) is 5.89. The number of hydrogen-bond donors (Lipinski definition) is 0. The fourth-order valence-electron chi connectivity index (χ4n) is 8.47. The molecule has 9 aromatic rings. The minimum absolute atomic E-state index is 0.194. The predicted molar refractivity (Wildman–Crippen MR) is 232 cm³/mol. The van der Waals surface area contributed by atoms with E-state index in [1.807, 2.05) is 66.7 Å². The molecule has 0 spiro atoms. The van der Waals surface area contributed by atoms with Crippen molar-refractivity contribution in [3.8, 4) is 84.7 Å². The molecule has 1 aliphatic carbocycles. The molecule has 0 unspecified atom stereocenters. The number of aromatic nitrogens is 3. The Kier molecular flexibility index (Phi) is 8.17. The quantitative estimate of drug-likeness (QED) is 0.171. The van der Waals surface area contributed by atoms with E-state index in [1.54, 1.807) is 0 Å². The van der Waals surface area contributed by atoms with Crippen molar-refractivity contribution in [1.82, 2.24) is 15.0 Å². The summed E-state index contributed by atoms with van der Waals surface area (Å²) in [6.45, 7) is 4.51. The Labute approximate surface area is 332 Å². The van der Waals surface area contributed by atoms with Gasteiger partial charge in [-0.25, -0.2) is 15.0 Å². The largest absolute Gasteiger partial charge is 0.208 e. The molecule has 0 atom stereocenters. The van der Waals surface area contributed by atoms with Crippen LogP contribution in [-0.2, 0) is 5.41 Å². The molecule has 1 aromatic heterocycles. The van der Waals surface area contributed by atoms with Crippen LogP contribution in [0, 0.1) is 11.3 Å². The highest BCUT2D eigenvalue weighted by Gasteiger charge is 2.37. The highest BCUT2D eigenvalue weighted by atomic mass is 15.0. The van der Waals surface area contributed by atoms with E-state index in [2.05, 4.69) is 135 Å². The minimum atomic E-state index is -0.194. The zero-order chi connectivity index (χ0) is 38.5. The second-order valence-corrected chi connectivity index (χ2v) is 15.1. The molecule has 0 fully saturated rings. The van der Waals surface area contributed by atoms with Gasteiger partial charge >= 0.3 is 0 Å². The van der Waals surface area contributed by atoms with Crippen molar-refractivity contribution in [3.63, 3.8) is 0 Å². The molecule has 4 nitrogen and oxygen atoms in total. The first-order valence-electron chi connectivity index (χ1n) is 19.2. The highest BCUT2D eigenvalue weighted by molar-refractivity contribution is 6.04. The van der Waals surface area contributed by atoms with Gasteiger partial charge in [0, 0.05) is 22.1 Å². The summed E-state index contributed by atoms with van der Waals surface area (Å²) in [5.41, 5.74) is 15.3. The lowest BCUT2D eigenvalue weighted by atomic mass is 9.81. The van der Waals surface area contributed by atoms with Crippen molar-refractivity contribution < 1.29 is 0 Å². The van der Waals surface area contributed by atoms with Crippen molar-refractivity contribution in [2.75, 3.05) is 0 Å². The molecule has 10 rings (SSSR count). The molecule has 1 aliphatic rings. The molecule has 0 bridgehead atoms. The third-order valence-electron chi connectivity index (χ3n) is 11.4. The van der Waals surface area contributed by atoms with Gasteiger partial charge in [-0.1, -0.05) is 184 Å². The maximum Gasteiger partial charge on any atom is 0.164 e. The van der Waals surface area contributed by atoms with Crippen molar-refractivity contribution >= 4 is 10.8 Å². The second-order valence-electron chi connectivity index (χ2n) is 15.1. The third-order valence-corrected chi connectivity index (χ3v) is 11.4. The lowest BCUT2D eigenvalue weighted by molar-refractivity contribution is 0.660. The van der Waals surface area contributed by atoms with Crippen LogP contribution >= 0.6 is 0 Å². The van der Waals surface area contributed by atoms with E-state index in [1.165, 1.54) is 49.7 Å². The molecule has 268 valence electrons. The Balaban J connectivity index is 1.05. The highest BCUT2D eigenvalue weighted by Crippen LogP contribution is 2.52. The number of nitriles is 1. The van der Waals surface area contributed by atoms with Gasteiger partial charge in [0.2, 0.25) is 0 Å². The summed E-state index contributed by atoms with van der Waals surface area (Å²) in [5, 5.41) is 12.0. The Hall–Kier alpha value is -7.48. The summed E-state index contributed by atoms with van der Waals surface area (Å²) in [5.74, 6) is 1.92. The molecule has 0 N–H and O–H groups in total. The summed E-state index contributed by atoms with van der Waals surface area (Å²) >= 11 is 0. The van der Waals surface area contributed by atoms with E-state index in [9.17, 15) is 5.26 Å². The maximum absolute atomic E-state index is 9.65. The van der Waals surface area contributed by atoms with Crippen LogP contribution in [0.5, 0.6) is 0 Å². The van der Waals surface area contributed by atoms with Gasteiger partial charge in [0.1, 0.15) is 0 Å². The van der Waals surface area contributed by atoms with Gasteiger partial charge in [-0.15, -0.1) is 0 Å². The molecule has 4 heteroatoms. The predicted octanol–water partition coefficient (Wildman–Crippen LogP) is 13.2. The zero-order valence-electron chi connectivity index (χ0n) is 31.6. The van der Waals surface area contributed by atoms with Gasteiger partial charge in [0.05, 0.1) is 11.6 Å². The van der Waals surface area contributed by atoms with Crippen LogP contribution in [0.15, 0.2) is 182 Å². The number of hydrogen-bond acceptors (Lipinski definition) is 4. The van der Waals surface area contributed by atoms with Gasteiger partial charge in [-0.3, -0.25) is 0 Å². The summed E-state index contributed by atoms with van der Waals surface area (Å²) in [4.78, 5) is 14.8. The van der Waals surface area contributed by atoms with Crippen LogP contribution in [0.25, 0.3) is 89.4 Å². The lowest BCUT2D eigenvalue weighted by Gasteiger charge is -2.21. The molecule has 0 amide bonds. The summed E-state index contributed by atoms with van der Waals surface area (Å²) < 4.78 is 0. The molecule has 0 aliphatic heterocycles. The Morgan fingerprint density at radius 1 is 0.404 bits per heavy atom. The molecule has 1 heterocycles. The van der Waals surface area contributed by atoms with Crippen LogP contribution in [0.3, 0.4) is 0 Å². The van der Waals surface area contributed by atoms with Gasteiger partial charge in [-0.2, -0.15) is 5.26 Å². The van der Waals surface area contributed by atoms with Crippen LogP contribution in [0.1, 0.15) is 30.5 Å². The summed E-state index contributed by atoms with van der Waals surface area (Å²) in [6.07, 6.45) is 0. The summed E-state index contributed by atoms with van der Waals surface area (Å²) in [6, 6.07) is 65.9. The smallest absolute Gasteiger partial charge is 0.164 e. The first kappa shape index (κ1) is 34.0. The van der Waals surface area contributed by atoms with Gasteiger partial charge in [0.25, 0.3) is 0 Å². The van der Waals surface area contributed by atoms with Crippen LogP contribution in [-0.4, -0.2) is 15.0 Å². The van der Waals surface area contributed by atoms with E-state index in [0.717, 1.165) is 33.4 Å². The zero-order valence-corrected chi connectivity index (χ0v) is 31.6. The van der Waals surface area contributed by atoms with Crippen molar-refractivity contribution in [2.45, 2.75) is 19.3 Å². The van der Waals surface area contributed by atoms with Crippen LogP contribution in [0.2, 0.25) is 0 Å². The number of nitrogens with zero attached hydrogens (tertiary/aromatic N) is 4. The SMILES string of the molecule is CC1(C)c2cc(C#N)ccc2-c2c(-c3ccc(-c4ccc5ccccc5c4-c4ccc(-c5nc(-c6ccccc6)nc(-c6ccccc6)n5)cc4)cc3)cccc21. The normalized spacial score (nSPS) is 12.5. The van der Waals surface area contributed by atoms with Gasteiger partial charge in [-0.05, 0) is 78.5 Å². The van der Waals surface area contributed by atoms with Crippen molar-refractivity contribution in [1.29, 1.82) is 5.26 Å². The molecular formula is C53H36N4. The van der Waals surface area contributed by atoms with Gasteiger partial charge in [0.15, 0.2) is 17.5 Å². The fraction of sp³-hybridized carbons (Fsp3) is 0.0566.